The van der Waals surface area contributed by atoms with Gasteiger partial charge < -0.3 is 5.32 Å². The van der Waals surface area contributed by atoms with E-state index in [1.54, 1.807) is 25.3 Å². The molecular weight excluding hydrogens is 251 g/mol. The zero-order valence-electron chi connectivity index (χ0n) is 10.2. The fourth-order valence-electron chi connectivity index (χ4n) is 1.89. The van der Waals surface area contributed by atoms with Crippen LogP contribution in [0, 0.1) is 12.7 Å². The summed E-state index contributed by atoms with van der Waals surface area (Å²) in [6, 6.07) is 8.66. The van der Waals surface area contributed by atoms with Crippen molar-refractivity contribution in [2.45, 2.75) is 13.0 Å². The zero-order valence-corrected chi connectivity index (χ0v) is 11.0. The van der Waals surface area contributed by atoms with Crippen molar-refractivity contribution in [3.05, 3.63) is 64.2 Å². The van der Waals surface area contributed by atoms with E-state index in [1.165, 1.54) is 6.07 Å². The van der Waals surface area contributed by atoms with Crippen molar-refractivity contribution in [1.82, 2.24) is 10.3 Å². The number of aryl methyl sites for hydroxylation is 1. The van der Waals surface area contributed by atoms with Crippen LogP contribution in [0.5, 0.6) is 0 Å². The number of nitrogens with zero attached hydrogens (tertiary/aromatic N) is 1. The van der Waals surface area contributed by atoms with Gasteiger partial charge in [-0.1, -0.05) is 23.7 Å². The molecule has 2 nitrogen and oxygen atoms in total. The SMILES string of the molecule is CNC(c1ccc(F)c(C)c1)c1ccc(Cl)cn1. The number of hydrogen-bond acceptors (Lipinski definition) is 2. The highest BCUT2D eigenvalue weighted by Gasteiger charge is 2.14. The van der Waals surface area contributed by atoms with Crippen LogP contribution in [0.3, 0.4) is 0 Å². The summed E-state index contributed by atoms with van der Waals surface area (Å²) < 4.78 is 13.3. The summed E-state index contributed by atoms with van der Waals surface area (Å²) in [6.07, 6.45) is 1.61. The minimum atomic E-state index is -0.197. The Labute approximate surface area is 111 Å². The number of aromatic nitrogens is 1. The second-order valence-electron chi connectivity index (χ2n) is 4.13. The summed E-state index contributed by atoms with van der Waals surface area (Å²) in [5, 5.41) is 3.77. The van der Waals surface area contributed by atoms with Gasteiger partial charge in [0, 0.05) is 6.20 Å². The molecule has 0 aliphatic rings. The summed E-state index contributed by atoms with van der Waals surface area (Å²) in [5.41, 5.74) is 2.46. The van der Waals surface area contributed by atoms with Gasteiger partial charge in [0.15, 0.2) is 0 Å². The van der Waals surface area contributed by atoms with Gasteiger partial charge in [-0.3, -0.25) is 4.98 Å². The van der Waals surface area contributed by atoms with Crippen LogP contribution < -0.4 is 5.32 Å². The lowest BCUT2D eigenvalue weighted by atomic mass is 10.0. The van der Waals surface area contributed by atoms with E-state index in [2.05, 4.69) is 10.3 Å². The van der Waals surface area contributed by atoms with Gasteiger partial charge in [0.2, 0.25) is 0 Å². The Kier molecular flexibility index (Phi) is 3.94. The van der Waals surface area contributed by atoms with Crippen LogP contribution in [0.25, 0.3) is 0 Å². The molecule has 0 amide bonds. The molecule has 94 valence electrons. The maximum absolute atomic E-state index is 13.3. The van der Waals surface area contributed by atoms with Gasteiger partial charge in [-0.15, -0.1) is 0 Å². The van der Waals surface area contributed by atoms with Crippen molar-refractivity contribution in [3.8, 4) is 0 Å². The molecule has 1 N–H and O–H groups in total. The van der Waals surface area contributed by atoms with E-state index in [4.69, 9.17) is 11.6 Å². The normalized spacial score (nSPS) is 12.4. The Morgan fingerprint density at radius 1 is 1.28 bits per heavy atom. The van der Waals surface area contributed by atoms with Gasteiger partial charge in [-0.25, -0.2) is 4.39 Å². The van der Waals surface area contributed by atoms with E-state index in [0.717, 1.165) is 11.3 Å². The summed E-state index contributed by atoms with van der Waals surface area (Å²) in [4.78, 5) is 4.29. The number of rotatable bonds is 3. The van der Waals surface area contributed by atoms with Crippen molar-refractivity contribution < 1.29 is 4.39 Å². The van der Waals surface area contributed by atoms with E-state index in [1.807, 2.05) is 19.2 Å². The molecule has 1 atom stereocenters. The van der Waals surface area contributed by atoms with E-state index >= 15 is 0 Å². The lowest BCUT2D eigenvalue weighted by molar-refractivity contribution is 0.612. The minimum Gasteiger partial charge on any atom is -0.308 e. The molecule has 1 heterocycles. The Balaban J connectivity index is 2.38. The van der Waals surface area contributed by atoms with E-state index in [-0.39, 0.29) is 11.9 Å². The third kappa shape index (κ3) is 2.68. The van der Waals surface area contributed by atoms with Crippen LogP contribution in [-0.4, -0.2) is 12.0 Å². The maximum Gasteiger partial charge on any atom is 0.126 e. The Hall–Kier alpha value is -1.45. The number of pyridine rings is 1. The lowest BCUT2D eigenvalue weighted by Crippen LogP contribution is -2.19. The average molecular weight is 265 g/mol. The average Bonchev–Trinajstić information content (AvgIpc) is 2.37. The summed E-state index contributed by atoms with van der Waals surface area (Å²) in [7, 11) is 1.85. The van der Waals surface area contributed by atoms with Gasteiger partial charge >= 0.3 is 0 Å². The monoisotopic (exact) mass is 264 g/mol. The van der Waals surface area contributed by atoms with Crippen LogP contribution in [0.15, 0.2) is 36.5 Å². The van der Waals surface area contributed by atoms with Crippen molar-refractivity contribution in [1.29, 1.82) is 0 Å². The van der Waals surface area contributed by atoms with Crippen LogP contribution in [0.2, 0.25) is 5.02 Å². The Bertz CT molecular complexity index is 540. The molecule has 2 aromatic rings. The number of benzene rings is 1. The first kappa shape index (κ1) is 13.0. The van der Waals surface area contributed by atoms with E-state index < -0.39 is 0 Å². The summed E-state index contributed by atoms with van der Waals surface area (Å²) in [6.45, 7) is 1.75. The third-order valence-corrected chi connectivity index (χ3v) is 3.07. The molecular formula is C14H14ClFN2. The largest absolute Gasteiger partial charge is 0.308 e. The highest BCUT2D eigenvalue weighted by molar-refractivity contribution is 6.30. The van der Waals surface area contributed by atoms with Crippen LogP contribution >= 0.6 is 11.6 Å². The van der Waals surface area contributed by atoms with Crippen molar-refractivity contribution >= 4 is 11.6 Å². The molecule has 1 aromatic heterocycles. The second kappa shape index (κ2) is 5.46. The molecule has 2 rings (SSSR count). The highest BCUT2D eigenvalue weighted by atomic mass is 35.5. The minimum absolute atomic E-state index is 0.0680. The standard InChI is InChI=1S/C14H14ClFN2/c1-9-7-10(3-5-12(9)16)14(17-2)13-6-4-11(15)8-18-13/h3-8,14,17H,1-2H3. The van der Waals surface area contributed by atoms with Crippen molar-refractivity contribution in [2.24, 2.45) is 0 Å². The van der Waals surface area contributed by atoms with E-state index in [0.29, 0.717) is 10.6 Å². The van der Waals surface area contributed by atoms with Crippen molar-refractivity contribution in [2.75, 3.05) is 7.05 Å². The molecule has 1 aromatic carbocycles. The van der Waals surface area contributed by atoms with Crippen LogP contribution in [-0.2, 0) is 0 Å². The molecule has 0 saturated heterocycles. The Morgan fingerprint density at radius 2 is 2.06 bits per heavy atom. The smallest absolute Gasteiger partial charge is 0.126 e. The van der Waals surface area contributed by atoms with Gasteiger partial charge in [0.1, 0.15) is 5.82 Å². The molecule has 0 aliphatic carbocycles. The van der Waals surface area contributed by atoms with Gasteiger partial charge in [0.05, 0.1) is 16.8 Å². The predicted octanol–water partition coefficient (Wildman–Crippen LogP) is 3.49. The first-order valence-corrected chi connectivity index (χ1v) is 6.04. The predicted molar refractivity (Wildman–Crippen MR) is 71.3 cm³/mol. The molecule has 0 radical (unpaired) electrons. The molecule has 0 fully saturated rings. The molecule has 18 heavy (non-hydrogen) atoms. The first-order valence-electron chi connectivity index (χ1n) is 5.66. The molecule has 4 heteroatoms. The molecule has 1 unspecified atom stereocenters. The molecule has 0 aliphatic heterocycles. The van der Waals surface area contributed by atoms with Crippen LogP contribution in [0.1, 0.15) is 22.9 Å². The second-order valence-corrected chi connectivity index (χ2v) is 4.57. The number of nitrogens with one attached hydrogen (secondary N) is 1. The Morgan fingerprint density at radius 3 is 2.61 bits per heavy atom. The first-order chi connectivity index (χ1) is 8.61. The molecule has 0 bridgehead atoms. The van der Waals surface area contributed by atoms with Gasteiger partial charge in [-0.05, 0) is 43.3 Å². The number of halogens is 2. The van der Waals surface area contributed by atoms with Gasteiger partial charge in [0.25, 0.3) is 0 Å². The fourth-order valence-corrected chi connectivity index (χ4v) is 2.00. The highest BCUT2D eigenvalue weighted by Crippen LogP contribution is 2.22. The summed E-state index contributed by atoms with van der Waals surface area (Å²) >= 11 is 5.82. The topological polar surface area (TPSA) is 24.9 Å². The summed E-state index contributed by atoms with van der Waals surface area (Å²) in [5.74, 6) is -0.197. The number of hydrogen-bond donors (Lipinski definition) is 1. The van der Waals surface area contributed by atoms with Crippen molar-refractivity contribution in [3.63, 3.8) is 0 Å². The molecule has 0 spiro atoms. The van der Waals surface area contributed by atoms with Gasteiger partial charge in [-0.2, -0.15) is 0 Å². The van der Waals surface area contributed by atoms with E-state index in [9.17, 15) is 4.39 Å². The molecule has 0 saturated carbocycles. The maximum atomic E-state index is 13.3. The van der Waals surface area contributed by atoms with Crippen LogP contribution in [0.4, 0.5) is 4.39 Å². The zero-order chi connectivity index (χ0) is 13.1. The lowest BCUT2D eigenvalue weighted by Gasteiger charge is -2.17. The quantitative estimate of drug-likeness (QED) is 0.918. The fraction of sp³-hybridized carbons (Fsp3) is 0.214. The third-order valence-electron chi connectivity index (χ3n) is 2.85.